The number of carbonyl (C=O) groups excluding carboxylic acids is 1. The third-order valence-electron chi connectivity index (χ3n) is 4.59. The van der Waals surface area contributed by atoms with Crippen molar-refractivity contribution in [3.8, 4) is 22.6 Å². The summed E-state index contributed by atoms with van der Waals surface area (Å²) in [6.45, 7) is 0. The molecule has 0 aliphatic heterocycles. The molecule has 29 heavy (non-hydrogen) atoms. The molecule has 0 spiro atoms. The van der Waals surface area contributed by atoms with Gasteiger partial charge in [-0.1, -0.05) is 36.4 Å². The van der Waals surface area contributed by atoms with Gasteiger partial charge in [-0.2, -0.15) is 0 Å². The number of hydrogen-bond acceptors (Lipinski definition) is 4. The number of hydrogen-bond donors (Lipinski definition) is 2. The van der Waals surface area contributed by atoms with E-state index in [1.807, 2.05) is 12.1 Å². The molecule has 0 saturated heterocycles. The highest BCUT2D eigenvalue weighted by atomic mass is 16.5. The Kier molecular flexibility index (Phi) is 4.71. The zero-order chi connectivity index (χ0) is 20.4. The van der Waals surface area contributed by atoms with Gasteiger partial charge in [0.2, 0.25) is 0 Å². The Morgan fingerprint density at radius 1 is 0.655 bits per heavy atom. The fourth-order valence-corrected chi connectivity index (χ4v) is 3.04. The molecule has 4 aromatic carbocycles. The summed E-state index contributed by atoms with van der Waals surface area (Å²) < 4.78 is 5.46. The van der Waals surface area contributed by atoms with E-state index in [-0.39, 0.29) is 11.3 Å². The normalized spacial score (nSPS) is 10.6. The number of rotatable bonds is 4. The summed E-state index contributed by atoms with van der Waals surface area (Å²) in [4.78, 5) is 23.5. The number of ether oxygens (including phenoxy) is 1. The third-order valence-corrected chi connectivity index (χ3v) is 4.59. The maximum atomic E-state index is 12.5. The molecule has 0 bridgehead atoms. The van der Waals surface area contributed by atoms with Gasteiger partial charge in [0.05, 0.1) is 11.1 Å². The highest BCUT2D eigenvalue weighted by Crippen LogP contribution is 2.25. The van der Waals surface area contributed by atoms with Gasteiger partial charge in [0.15, 0.2) is 0 Å². The van der Waals surface area contributed by atoms with Crippen molar-refractivity contribution >= 4 is 22.7 Å². The van der Waals surface area contributed by atoms with Crippen LogP contribution in [0.1, 0.15) is 20.7 Å². The minimum atomic E-state index is -0.988. The van der Waals surface area contributed by atoms with Crippen molar-refractivity contribution in [3.63, 3.8) is 0 Å². The van der Waals surface area contributed by atoms with Crippen molar-refractivity contribution in [3.05, 3.63) is 96.1 Å². The van der Waals surface area contributed by atoms with Gasteiger partial charge in [0, 0.05) is 0 Å². The topological polar surface area (TPSA) is 83.8 Å². The summed E-state index contributed by atoms with van der Waals surface area (Å²) in [6, 6.07) is 23.6. The highest BCUT2D eigenvalue weighted by Gasteiger charge is 2.10. The van der Waals surface area contributed by atoms with E-state index in [1.165, 1.54) is 6.07 Å². The fourth-order valence-electron chi connectivity index (χ4n) is 3.04. The molecule has 0 unspecified atom stereocenters. The lowest BCUT2D eigenvalue weighted by molar-refractivity contribution is 0.0694. The third kappa shape index (κ3) is 3.94. The number of carboxylic acid groups (broad SMARTS) is 1. The molecule has 0 aliphatic rings. The van der Waals surface area contributed by atoms with E-state index in [2.05, 4.69) is 0 Å². The number of esters is 1. The van der Waals surface area contributed by atoms with E-state index in [9.17, 15) is 14.7 Å². The smallest absolute Gasteiger partial charge is 0.343 e. The SMILES string of the molecule is O=C(O)c1ccc2cc(OC(=O)c3ccc(-c4ccc(O)cc4)cc3)ccc2c1. The van der Waals surface area contributed by atoms with Crippen LogP contribution in [0.15, 0.2) is 84.9 Å². The van der Waals surface area contributed by atoms with Crippen LogP contribution < -0.4 is 4.74 Å². The van der Waals surface area contributed by atoms with Crippen LogP contribution in [0.5, 0.6) is 11.5 Å². The Balaban J connectivity index is 1.52. The van der Waals surface area contributed by atoms with Crippen molar-refractivity contribution in [2.45, 2.75) is 0 Å². The van der Waals surface area contributed by atoms with Gasteiger partial charge in [-0.3, -0.25) is 0 Å². The number of phenols is 1. The van der Waals surface area contributed by atoms with Crippen LogP contribution in [0, 0.1) is 0 Å². The zero-order valence-corrected chi connectivity index (χ0v) is 15.2. The summed E-state index contributed by atoms with van der Waals surface area (Å²) in [5, 5.41) is 20.0. The standard InChI is InChI=1S/C24H16O5/c25-21-10-7-16(8-11-21)15-1-3-17(4-2-15)24(28)29-22-12-9-18-13-20(23(26)27)6-5-19(18)14-22/h1-14,25H,(H,26,27). The number of benzene rings is 4. The second-order valence-corrected chi connectivity index (χ2v) is 6.54. The molecule has 5 nitrogen and oxygen atoms in total. The van der Waals surface area contributed by atoms with E-state index in [4.69, 9.17) is 9.84 Å². The second-order valence-electron chi connectivity index (χ2n) is 6.54. The maximum absolute atomic E-state index is 12.5. The predicted molar refractivity (Wildman–Crippen MR) is 109 cm³/mol. The zero-order valence-electron chi connectivity index (χ0n) is 15.2. The van der Waals surface area contributed by atoms with Gasteiger partial charge in [-0.15, -0.1) is 0 Å². The van der Waals surface area contributed by atoms with Gasteiger partial charge >= 0.3 is 11.9 Å². The van der Waals surface area contributed by atoms with Gasteiger partial charge in [-0.25, -0.2) is 9.59 Å². The lowest BCUT2D eigenvalue weighted by Gasteiger charge is -2.07. The predicted octanol–water partition coefficient (Wildman–Crippen LogP) is 5.13. The van der Waals surface area contributed by atoms with Crippen LogP contribution in [0.25, 0.3) is 21.9 Å². The monoisotopic (exact) mass is 384 g/mol. The molecule has 0 saturated carbocycles. The Labute approximate surface area is 166 Å². The number of phenolic OH excluding ortho intramolecular Hbond substituents is 1. The average molecular weight is 384 g/mol. The first-order valence-electron chi connectivity index (χ1n) is 8.88. The minimum absolute atomic E-state index is 0.198. The van der Waals surface area contributed by atoms with Crippen LogP contribution in [0.4, 0.5) is 0 Å². The first-order valence-corrected chi connectivity index (χ1v) is 8.88. The largest absolute Gasteiger partial charge is 0.508 e. The molecule has 0 aromatic heterocycles. The molecule has 142 valence electrons. The number of carbonyl (C=O) groups is 2. The number of aromatic carboxylic acids is 1. The molecule has 0 amide bonds. The van der Waals surface area contributed by atoms with Gasteiger partial charge in [0.25, 0.3) is 0 Å². The fraction of sp³-hybridized carbons (Fsp3) is 0. The lowest BCUT2D eigenvalue weighted by atomic mass is 10.0. The maximum Gasteiger partial charge on any atom is 0.343 e. The van der Waals surface area contributed by atoms with Crippen LogP contribution in [-0.2, 0) is 0 Å². The van der Waals surface area contributed by atoms with E-state index in [0.29, 0.717) is 11.3 Å². The number of fused-ring (bicyclic) bond motifs is 1. The summed E-state index contributed by atoms with van der Waals surface area (Å²) in [5.41, 5.74) is 2.46. The molecule has 0 radical (unpaired) electrons. The number of aromatic hydroxyl groups is 1. The van der Waals surface area contributed by atoms with Crippen LogP contribution in [0.2, 0.25) is 0 Å². The van der Waals surface area contributed by atoms with Gasteiger partial charge < -0.3 is 14.9 Å². The summed E-state index contributed by atoms with van der Waals surface area (Å²) in [5.74, 6) is -0.890. The summed E-state index contributed by atoms with van der Waals surface area (Å²) in [7, 11) is 0. The molecule has 4 rings (SSSR count). The molecule has 0 aliphatic carbocycles. The molecule has 0 heterocycles. The van der Waals surface area contributed by atoms with E-state index in [1.54, 1.807) is 66.7 Å². The van der Waals surface area contributed by atoms with E-state index >= 15 is 0 Å². The molecule has 0 atom stereocenters. The van der Waals surface area contributed by atoms with Crippen molar-refractivity contribution < 1.29 is 24.5 Å². The molecular formula is C24H16O5. The number of carboxylic acids is 1. The van der Waals surface area contributed by atoms with E-state index < -0.39 is 11.9 Å². The van der Waals surface area contributed by atoms with Gasteiger partial charge in [-0.05, 0) is 70.4 Å². The molecule has 4 aromatic rings. The quantitative estimate of drug-likeness (QED) is 0.376. The first kappa shape index (κ1) is 18.3. The summed E-state index contributed by atoms with van der Waals surface area (Å²) >= 11 is 0. The molecule has 0 fully saturated rings. The summed E-state index contributed by atoms with van der Waals surface area (Å²) in [6.07, 6.45) is 0. The molecular weight excluding hydrogens is 368 g/mol. The molecule has 5 heteroatoms. The van der Waals surface area contributed by atoms with Crippen molar-refractivity contribution in [1.29, 1.82) is 0 Å². The van der Waals surface area contributed by atoms with Crippen molar-refractivity contribution in [1.82, 2.24) is 0 Å². The Morgan fingerprint density at radius 2 is 1.21 bits per heavy atom. The minimum Gasteiger partial charge on any atom is -0.508 e. The lowest BCUT2D eigenvalue weighted by Crippen LogP contribution is -2.08. The van der Waals surface area contributed by atoms with E-state index in [0.717, 1.165) is 21.9 Å². The van der Waals surface area contributed by atoms with Crippen LogP contribution in [0.3, 0.4) is 0 Å². The van der Waals surface area contributed by atoms with Crippen molar-refractivity contribution in [2.75, 3.05) is 0 Å². The first-order chi connectivity index (χ1) is 14.0. The van der Waals surface area contributed by atoms with Crippen LogP contribution in [-0.4, -0.2) is 22.2 Å². The Hall–Kier alpha value is -4.12. The highest BCUT2D eigenvalue weighted by molar-refractivity contribution is 5.96. The van der Waals surface area contributed by atoms with Crippen molar-refractivity contribution in [2.24, 2.45) is 0 Å². The average Bonchev–Trinajstić information content (AvgIpc) is 2.74. The van der Waals surface area contributed by atoms with Gasteiger partial charge in [0.1, 0.15) is 11.5 Å². The van der Waals surface area contributed by atoms with Crippen LogP contribution >= 0.6 is 0 Å². The Morgan fingerprint density at radius 3 is 1.86 bits per heavy atom. The second kappa shape index (κ2) is 7.48. The Bertz CT molecular complexity index is 1210. The molecule has 2 N–H and O–H groups in total.